The summed E-state index contributed by atoms with van der Waals surface area (Å²) in [5.41, 5.74) is 3.80. The summed E-state index contributed by atoms with van der Waals surface area (Å²) >= 11 is 0. The third kappa shape index (κ3) is 4.22. The first-order valence-corrected chi connectivity index (χ1v) is 8.45. The Morgan fingerprint density at radius 1 is 1.15 bits per heavy atom. The highest BCUT2D eigenvalue weighted by molar-refractivity contribution is 6.02. The van der Waals surface area contributed by atoms with Crippen LogP contribution in [0, 0.1) is 0 Å². The Morgan fingerprint density at radius 3 is 2.58 bits per heavy atom. The number of amides is 1. The molecule has 3 rings (SSSR count). The second-order valence-corrected chi connectivity index (χ2v) is 6.35. The first kappa shape index (κ1) is 17.5. The lowest BCUT2D eigenvalue weighted by molar-refractivity contribution is -0.111. The number of aryl methyl sites for hydroxylation is 1. The monoisotopic (exact) mass is 347 g/mol. The van der Waals surface area contributed by atoms with Crippen molar-refractivity contribution in [3.63, 3.8) is 0 Å². The maximum Gasteiger partial charge on any atom is 0.248 e. The van der Waals surface area contributed by atoms with Gasteiger partial charge in [0.15, 0.2) is 5.82 Å². The molecular formula is C20H21N5O. The molecule has 0 spiro atoms. The van der Waals surface area contributed by atoms with E-state index in [0.29, 0.717) is 17.4 Å². The molecular weight excluding hydrogens is 326 g/mol. The fourth-order valence-corrected chi connectivity index (χ4v) is 2.56. The smallest absolute Gasteiger partial charge is 0.248 e. The maximum absolute atomic E-state index is 12.2. The summed E-state index contributed by atoms with van der Waals surface area (Å²) in [7, 11) is 1.77. The van der Waals surface area contributed by atoms with E-state index in [1.165, 1.54) is 11.6 Å². The van der Waals surface area contributed by atoms with Crippen molar-refractivity contribution >= 4 is 17.7 Å². The molecule has 2 aromatic carbocycles. The molecule has 3 aromatic rings. The van der Waals surface area contributed by atoms with E-state index in [4.69, 9.17) is 0 Å². The van der Waals surface area contributed by atoms with Crippen LogP contribution in [0.3, 0.4) is 0 Å². The number of aromatic nitrogens is 4. The van der Waals surface area contributed by atoms with E-state index in [-0.39, 0.29) is 5.91 Å². The minimum atomic E-state index is -0.189. The van der Waals surface area contributed by atoms with Gasteiger partial charge < -0.3 is 5.32 Å². The molecule has 0 radical (unpaired) electrons. The summed E-state index contributed by atoms with van der Waals surface area (Å²) < 4.78 is 1.58. The van der Waals surface area contributed by atoms with Crippen molar-refractivity contribution in [1.82, 2.24) is 20.2 Å². The first-order valence-electron chi connectivity index (χ1n) is 8.45. The van der Waals surface area contributed by atoms with Crippen LogP contribution in [0.25, 0.3) is 17.5 Å². The van der Waals surface area contributed by atoms with Crippen LogP contribution in [0.15, 0.2) is 54.6 Å². The normalized spacial score (nSPS) is 11.2. The van der Waals surface area contributed by atoms with E-state index in [1.807, 2.05) is 36.4 Å². The minimum Gasteiger partial charge on any atom is -0.322 e. The predicted octanol–water partition coefficient (Wildman–Crippen LogP) is 3.65. The number of carbonyl (C=O) groups is 1. The Bertz CT molecular complexity index is 925. The lowest BCUT2D eigenvalue weighted by Gasteiger charge is -2.05. The standard InChI is InChI=1S/C20H21N5O/c1-14(2)16-10-7-15(8-11-16)9-12-19(26)21-18-6-4-5-17(13-18)20-22-23-24-25(20)3/h4-14H,1-3H3,(H,21,26)/b12-9+. The highest BCUT2D eigenvalue weighted by atomic mass is 16.1. The summed E-state index contributed by atoms with van der Waals surface area (Å²) in [6.07, 6.45) is 3.33. The second kappa shape index (κ2) is 7.74. The van der Waals surface area contributed by atoms with Crippen LogP contribution >= 0.6 is 0 Å². The molecule has 1 aromatic heterocycles. The molecule has 0 atom stereocenters. The van der Waals surface area contributed by atoms with Gasteiger partial charge in [0, 0.05) is 24.4 Å². The fourth-order valence-electron chi connectivity index (χ4n) is 2.56. The predicted molar refractivity (Wildman–Crippen MR) is 102 cm³/mol. The van der Waals surface area contributed by atoms with E-state index in [1.54, 1.807) is 17.8 Å². The zero-order chi connectivity index (χ0) is 18.5. The van der Waals surface area contributed by atoms with Crippen molar-refractivity contribution < 1.29 is 4.79 Å². The van der Waals surface area contributed by atoms with Crippen LogP contribution in [0.2, 0.25) is 0 Å². The van der Waals surface area contributed by atoms with Crippen molar-refractivity contribution in [2.45, 2.75) is 19.8 Å². The summed E-state index contributed by atoms with van der Waals surface area (Å²) in [4.78, 5) is 12.2. The van der Waals surface area contributed by atoms with Crippen LogP contribution in [-0.2, 0) is 11.8 Å². The molecule has 0 aliphatic carbocycles. The number of nitrogens with zero attached hydrogens (tertiary/aromatic N) is 4. The van der Waals surface area contributed by atoms with Gasteiger partial charge in [0.2, 0.25) is 5.91 Å². The Kier molecular flexibility index (Phi) is 5.22. The quantitative estimate of drug-likeness (QED) is 0.715. The molecule has 1 heterocycles. The van der Waals surface area contributed by atoms with Crippen LogP contribution in [0.1, 0.15) is 30.9 Å². The number of hydrogen-bond acceptors (Lipinski definition) is 4. The number of carbonyl (C=O) groups excluding carboxylic acids is 1. The van der Waals surface area contributed by atoms with Gasteiger partial charge in [-0.3, -0.25) is 4.79 Å². The van der Waals surface area contributed by atoms with Crippen LogP contribution < -0.4 is 5.32 Å². The number of hydrogen-bond donors (Lipinski definition) is 1. The molecule has 6 nitrogen and oxygen atoms in total. The van der Waals surface area contributed by atoms with Crippen LogP contribution in [-0.4, -0.2) is 26.1 Å². The zero-order valence-corrected chi connectivity index (χ0v) is 15.0. The lowest BCUT2D eigenvalue weighted by Crippen LogP contribution is -2.07. The lowest BCUT2D eigenvalue weighted by atomic mass is 10.0. The van der Waals surface area contributed by atoms with Crippen molar-refractivity contribution in [1.29, 1.82) is 0 Å². The van der Waals surface area contributed by atoms with Gasteiger partial charge in [0.25, 0.3) is 0 Å². The number of tetrazole rings is 1. The number of nitrogens with one attached hydrogen (secondary N) is 1. The molecule has 0 saturated carbocycles. The molecule has 0 fully saturated rings. The maximum atomic E-state index is 12.2. The molecule has 1 N–H and O–H groups in total. The zero-order valence-electron chi connectivity index (χ0n) is 15.0. The minimum absolute atomic E-state index is 0.189. The van der Waals surface area contributed by atoms with E-state index in [9.17, 15) is 4.79 Å². The van der Waals surface area contributed by atoms with E-state index in [2.05, 4.69) is 46.8 Å². The summed E-state index contributed by atoms with van der Waals surface area (Å²) in [5.74, 6) is 0.945. The van der Waals surface area contributed by atoms with Gasteiger partial charge in [0.1, 0.15) is 0 Å². The van der Waals surface area contributed by atoms with Crippen LogP contribution in [0.4, 0.5) is 5.69 Å². The summed E-state index contributed by atoms with van der Waals surface area (Å²) in [5, 5.41) is 14.3. The van der Waals surface area contributed by atoms with E-state index in [0.717, 1.165) is 11.1 Å². The van der Waals surface area contributed by atoms with Crippen LogP contribution in [0.5, 0.6) is 0 Å². The molecule has 0 bridgehead atoms. The Balaban J connectivity index is 1.67. The van der Waals surface area contributed by atoms with Gasteiger partial charge in [-0.15, -0.1) is 5.10 Å². The summed E-state index contributed by atoms with van der Waals surface area (Å²) in [6.45, 7) is 4.31. The fraction of sp³-hybridized carbons (Fsp3) is 0.200. The molecule has 6 heteroatoms. The number of anilines is 1. The van der Waals surface area contributed by atoms with Crippen molar-refractivity contribution in [3.05, 3.63) is 65.7 Å². The first-order chi connectivity index (χ1) is 12.5. The molecule has 0 aliphatic heterocycles. The van der Waals surface area contributed by atoms with E-state index >= 15 is 0 Å². The number of benzene rings is 2. The van der Waals surface area contributed by atoms with Crippen molar-refractivity contribution in [3.8, 4) is 11.4 Å². The molecule has 1 amide bonds. The van der Waals surface area contributed by atoms with Gasteiger partial charge >= 0.3 is 0 Å². The average molecular weight is 347 g/mol. The largest absolute Gasteiger partial charge is 0.322 e. The topological polar surface area (TPSA) is 72.7 Å². The average Bonchev–Trinajstić information content (AvgIpc) is 3.06. The van der Waals surface area contributed by atoms with E-state index < -0.39 is 0 Å². The van der Waals surface area contributed by atoms with Gasteiger partial charge in [-0.2, -0.15) is 0 Å². The molecule has 132 valence electrons. The highest BCUT2D eigenvalue weighted by Gasteiger charge is 2.07. The molecule has 0 saturated heterocycles. The van der Waals surface area contributed by atoms with Crippen molar-refractivity contribution in [2.75, 3.05) is 5.32 Å². The SMILES string of the molecule is CC(C)c1ccc(/C=C/C(=O)Nc2cccc(-c3nnnn3C)c2)cc1. The van der Waals surface area contributed by atoms with Gasteiger partial charge in [-0.1, -0.05) is 50.2 Å². The molecule has 26 heavy (non-hydrogen) atoms. The highest BCUT2D eigenvalue weighted by Crippen LogP contribution is 2.20. The molecule has 0 unspecified atom stereocenters. The summed E-state index contributed by atoms with van der Waals surface area (Å²) in [6, 6.07) is 15.6. The molecule has 0 aliphatic rings. The second-order valence-electron chi connectivity index (χ2n) is 6.35. The van der Waals surface area contributed by atoms with Gasteiger partial charge in [0.05, 0.1) is 0 Å². The van der Waals surface area contributed by atoms with Crippen molar-refractivity contribution in [2.24, 2.45) is 7.05 Å². The van der Waals surface area contributed by atoms with Gasteiger partial charge in [-0.05, 0) is 45.7 Å². The Morgan fingerprint density at radius 2 is 1.92 bits per heavy atom. The Hall–Kier alpha value is -3.28. The number of rotatable bonds is 5. The van der Waals surface area contributed by atoms with Gasteiger partial charge in [-0.25, -0.2) is 4.68 Å². The third-order valence-electron chi connectivity index (χ3n) is 4.04. The third-order valence-corrected chi connectivity index (χ3v) is 4.04. The Labute approximate surface area is 152 Å².